The Bertz CT molecular complexity index is 146. The fourth-order valence-electron chi connectivity index (χ4n) is 2.51. The van der Waals surface area contributed by atoms with E-state index in [2.05, 4.69) is 27.7 Å². The summed E-state index contributed by atoms with van der Waals surface area (Å²) in [6, 6.07) is 0. The lowest BCUT2D eigenvalue weighted by molar-refractivity contribution is 0.0251. The minimum Gasteiger partial charge on any atom is -0.393 e. The van der Waals surface area contributed by atoms with E-state index in [1.54, 1.807) is 0 Å². The van der Waals surface area contributed by atoms with E-state index >= 15 is 0 Å². The lowest BCUT2D eigenvalue weighted by Gasteiger charge is -2.40. The molecule has 1 nitrogen and oxygen atoms in total. The molecule has 1 rings (SSSR count). The Labute approximate surface area is 76.2 Å². The zero-order valence-electron chi connectivity index (χ0n) is 8.80. The highest BCUT2D eigenvalue weighted by molar-refractivity contribution is 4.84. The molecule has 1 aliphatic carbocycles. The number of hydrogen-bond donors (Lipinski definition) is 1. The second-order valence-corrected chi connectivity index (χ2v) is 5.42. The van der Waals surface area contributed by atoms with Crippen LogP contribution in [-0.4, -0.2) is 11.2 Å². The Hall–Kier alpha value is -0.0400. The Kier molecular flexibility index (Phi) is 2.82. The summed E-state index contributed by atoms with van der Waals surface area (Å²) in [5.74, 6) is 1.48. The van der Waals surface area contributed by atoms with E-state index in [4.69, 9.17) is 0 Å². The molecular formula is C11H22O. The van der Waals surface area contributed by atoms with Crippen molar-refractivity contribution in [3.05, 3.63) is 0 Å². The molecule has 0 spiro atoms. The van der Waals surface area contributed by atoms with Crippen molar-refractivity contribution in [3.8, 4) is 0 Å². The van der Waals surface area contributed by atoms with Crippen LogP contribution in [-0.2, 0) is 0 Å². The summed E-state index contributed by atoms with van der Waals surface area (Å²) in [5, 5.41) is 9.56. The fraction of sp³-hybridized carbons (Fsp3) is 1.00. The van der Waals surface area contributed by atoms with Crippen molar-refractivity contribution in [1.29, 1.82) is 0 Å². The van der Waals surface area contributed by atoms with Gasteiger partial charge in [-0.25, -0.2) is 0 Å². The molecule has 0 aromatic rings. The van der Waals surface area contributed by atoms with Gasteiger partial charge in [-0.3, -0.25) is 0 Å². The van der Waals surface area contributed by atoms with Gasteiger partial charge in [-0.15, -0.1) is 0 Å². The molecule has 1 heteroatoms. The molecule has 0 saturated heterocycles. The third kappa shape index (κ3) is 2.22. The van der Waals surface area contributed by atoms with Gasteiger partial charge >= 0.3 is 0 Å². The van der Waals surface area contributed by atoms with Crippen LogP contribution in [0.15, 0.2) is 0 Å². The van der Waals surface area contributed by atoms with Crippen LogP contribution >= 0.6 is 0 Å². The number of hydrogen-bond acceptors (Lipinski definition) is 1. The summed E-state index contributed by atoms with van der Waals surface area (Å²) in [5.41, 5.74) is 0.362. The summed E-state index contributed by atoms with van der Waals surface area (Å²) in [4.78, 5) is 0. The van der Waals surface area contributed by atoms with Crippen molar-refractivity contribution in [2.24, 2.45) is 17.3 Å². The van der Waals surface area contributed by atoms with Gasteiger partial charge in [0.05, 0.1) is 6.10 Å². The summed E-state index contributed by atoms with van der Waals surface area (Å²) in [6.45, 7) is 9.17. The Morgan fingerprint density at radius 3 is 2.17 bits per heavy atom. The van der Waals surface area contributed by atoms with Crippen LogP contribution in [0.3, 0.4) is 0 Å². The topological polar surface area (TPSA) is 20.2 Å². The second-order valence-electron chi connectivity index (χ2n) is 5.42. The van der Waals surface area contributed by atoms with Crippen LogP contribution in [0.2, 0.25) is 0 Å². The lowest BCUT2D eigenvalue weighted by atomic mass is 9.66. The van der Waals surface area contributed by atoms with Crippen LogP contribution in [0.1, 0.15) is 47.0 Å². The van der Waals surface area contributed by atoms with Crippen molar-refractivity contribution in [2.75, 3.05) is 0 Å². The smallest absolute Gasteiger partial charge is 0.0543 e. The number of aliphatic hydroxyl groups excluding tert-OH is 1. The third-order valence-electron chi connectivity index (χ3n) is 3.28. The molecule has 0 amide bonds. The molecule has 0 heterocycles. The van der Waals surface area contributed by atoms with Gasteiger partial charge in [0.2, 0.25) is 0 Å². The molecule has 12 heavy (non-hydrogen) atoms. The van der Waals surface area contributed by atoms with Gasteiger partial charge in [0.25, 0.3) is 0 Å². The molecule has 0 radical (unpaired) electrons. The van der Waals surface area contributed by atoms with E-state index in [9.17, 15) is 5.11 Å². The van der Waals surface area contributed by atoms with Crippen molar-refractivity contribution < 1.29 is 5.11 Å². The number of rotatable bonds is 0. The average molecular weight is 170 g/mol. The van der Waals surface area contributed by atoms with Crippen molar-refractivity contribution in [3.63, 3.8) is 0 Å². The predicted octanol–water partition coefficient (Wildman–Crippen LogP) is 2.83. The summed E-state index contributed by atoms with van der Waals surface area (Å²) in [6.07, 6.45) is 3.17. The van der Waals surface area contributed by atoms with Gasteiger partial charge in [-0.05, 0) is 36.5 Å². The van der Waals surface area contributed by atoms with Gasteiger partial charge in [0.15, 0.2) is 0 Å². The maximum atomic E-state index is 9.56. The quantitative estimate of drug-likeness (QED) is 0.592. The first-order valence-electron chi connectivity index (χ1n) is 5.09. The summed E-state index contributed by atoms with van der Waals surface area (Å²) in [7, 11) is 0. The largest absolute Gasteiger partial charge is 0.393 e. The van der Waals surface area contributed by atoms with Gasteiger partial charge in [-0.1, -0.05) is 27.7 Å². The first kappa shape index (κ1) is 10.0. The molecule has 0 aliphatic heterocycles. The van der Waals surface area contributed by atoms with E-state index in [-0.39, 0.29) is 6.10 Å². The van der Waals surface area contributed by atoms with Crippen LogP contribution < -0.4 is 0 Å². The zero-order valence-corrected chi connectivity index (χ0v) is 8.80. The highest BCUT2D eigenvalue weighted by atomic mass is 16.3. The van der Waals surface area contributed by atoms with Crippen LogP contribution in [0.5, 0.6) is 0 Å². The van der Waals surface area contributed by atoms with E-state index in [0.717, 1.165) is 18.8 Å². The molecule has 0 aromatic carbocycles. The SMILES string of the molecule is CC1CCC(O)CC1C(C)(C)C. The Balaban J connectivity index is 2.61. The average Bonchev–Trinajstić information content (AvgIpc) is 1.92. The minimum absolute atomic E-state index is 0.0366. The molecular weight excluding hydrogens is 148 g/mol. The fourth-order valence-corrected chi connectivity index (χ4v) is 2.51. The maximum Gasteiger partial charge on any atom is 0.0543 e. The normalized spacial score (nSPS) is 38.2. The van der Waals surface area contributed by atoms with Crippen molar-refractivity contribution in [2.45, 2.75) is 53.1 Å². The Morgan fingerprint density at radius 1 is 1.17 bits per heavy atom. The molecule has 0 bridgehead atoms. The lowest BCUT2D eigenvalue weighted by Crippen LogP contribution is -2.34. The standard InChI is InChI=1S/C11H22O/c1-8-5-6-9(12)7-10(8)11(2,3)4/h8-10,12H,5-7H2,1-4H3. The van der Waals surface area contributed by atoms with E-state index < -0.39 is 0 Å². The molecule has 1 fully saturated rings. The van der Waals surface area contributed by atoms with Crippen LogP contribution in [0, 0.1) is 17.3 Å². The monoisotopic (exact) mass is 170 g/mol. The highest BCUT2D eigenvalue weighted by Crippen LogP contribution is 2.41. The molecule has 72 valence electrons. The summed E-state index contributed by atoms with van der Waals surface area (Å²) < 4.78 is 0. The highest BCUT2D eigenvalue weighted by Gasteiger charge is 2.34. The maximum absolute atomic E-state index is 9.56. The van der Waals surface area contributed by atoms with Gasteiger partial charge in [0.1, 0.15) is 0 Å². The molecule has 3 unspecified atom stereocenters. The Morgan fingerprint density at radius 2 is 1.75 bits per heavy atom. The van der Waals surface area contributed by atoms with Crippen molar-refractivity contribution in [1.82, 2.24) is 0 Å². The molecule has 3 atom stereocenters. The van der Waals surface area contributed by atoms with Gasteiger partial charge in [0, 0.05) is 0 Å². The zero-order chi connectivity index (χ0) is 9.35. The summed E-state index contributed by atoms with van der Waals surface area (Å²) >= 11 is 0. The third-order valence-corrected chi connectivity index (χ3v) is 3.28. The molecule has 1 saturated carbocycles. The number of aliphatic hydroxyl groups is 1. The van der Waals surface area contributed by atoms with Crippen LogP contribution in [0.4, 0.5) is 0 Å². The van der Waals surface area contributed by atoms with E-state index in [0.29, 0.717) is 11.3 Å². The van der Waals surface area contributed by atoms with Crippen LogP contribution in [0.25, 0.3) is 0 Å². The molecule has 1 aliphatic rings. The van der Waals surface area contributed by atoms with E-state index in [1.807, 2.05) is 0 Å². The molecule has 0 aromatic heterocycles. The second kappa shape index (κ2) is 3.37. The van der Waals surface area contributed by atoms with E-state index in [1.165, 1.54) is 6.42 Å². The van der Waals surface area contributed by atoms with Crippen molar-refractivity contribution >= 4 is 0 Å². The van der Waals surface area contributed by atoms with Gasteiger partial charge in [-0.2, -0.15) is 0 Å². The first-order valence-corrected chi connectivity index (χ1v) is 5.09. The predicted molar refractivity (Wildman–Crippen MR) is 52.0 cm³/mol. The van der Waals surface area contributed by atoms with Gasteiger partial charge < -0.3 is 5.11 Å². The first-order chi connectivity index (χ1) is 5.41. The minimum atomic E-state index is -0.0366. The molecule has 1 N–H and O–H groups in total.